The molecule has 0 saturated carbocycles. The summed E-state index contributed by atoms with van der Waals surface area (Å²) in [5, 5.41) is 10.6. The van der Waals surface area contributed by atoms with Crippen molar-refractivity contribution in [1.82, 2.24) is 19.5 Å². The van der Waals surface area contributed by atoms with Gasteiger partial charge in [-0.05, 0) is 19.4 Å². The van der Waals surface area contributed by atoms with Gasteiger partial charge in [-0.25, -0.2) is 15.0 Å². The fourth-order valence-corrected chi connectivity index (χ4v) is 4.00. The minimum Gasteiger partial charge on any atom is -0.384 e. The number of aromatic nitrogens is 4. The van der Waals surface area contributed by atoms with Crippen LogP contribution in [0.4, 0.5) is 5.82 Å². The second kappa shape index (κ2) is 8.28. The number of hydrogen-bond acceptors (Lipinski definition) is 9. The summed E-state index contributed by atoms with van der Waals surface area (Å²) < 4.78 is 30.1. The molecule has 0 radical (unpaired) electrons. The first-order chi connectivity index (χ1) is 13.0. The summed E-state index contributed by atoms with van der Waals surface area (Å²) in [6.45, 7) is 4.21. The van der Waals surface area contributed by atoms with Crippen molar-refractivity contribution in [3.63, 3.8) is 0 Å². The summed E-state index contributed by atoms with van der Waals surface area (Å²) >= 11 is 0. The van der Waals surface area contributed by atoms with Crippen LogP contribution >= 0.6 is 7.60 Å². The normalized spacial score (nSPS) is 22.4. The molecule has 2 aromatic rings. The van der Waals surface area contributed by atoms with Crippen LogP contribution in [0.15, 0.2) is 36.2 Å². The molecule has 0 aliphatic carbocycles. The zero-order chi connectivity index (χ0) is 19.4. The quantitative estimate of drug-likeness (QED) is 0.675. The Kier molecular flexibility index (Phi) is 6.03. The van der Waals surface area contributed by atoms with Gasteiger partial charge in [-0.15, -0.1) is 0 Å². The smallest absolute Gasteiger partial charge is 0.354 e. The van der Waals surface area contributed by atoms with E-state index in [-0.39, 0.29) is 25.6 Å². The number of allylic oxidation sites excluding steroid dienone is 2. The molecular formula is C16H22N5O5P. The van der Waals surface area contributed by atoms with Crippen molar-refractivity contribution in [1.29, 1.82) is 0 Å². The highest BCUT2D eigenvalue weighted by Crippen LogP contribution is 2.49. The topological polar surface area (TPSA) is 135 Å². The molecule has 0 amide bonds. The standard InChI is InChI=1S/C16H22N5O5P/c1-3-25-27(23,26-4-2)7-5-6-11-8-24-16(13(11)22)21-10-20-12-14(17)18-9-19-15(12)21/h5-7,9-10,13,16,22H,3-4,8H2,1-2H3,(H2,17,18,19)/b7-5+,11-6+/t13-,16-/m1/s1. The Morgan fingerprint density at radius 1 is 1.37 bits per heavy atom. The number of nitrogens with zero attached hydrogens (tertiary/aromatic N) is 4. The van der Waals surface area contributed by atoms with Crippen LogP contribution in [-0.2, 0) is 18.3 Å². The number of ether oxygens (including phenoxy) is 1. The Bertz CT molecular complexity index is 902. The van der Waals surface area contributed by atoms with Gasteiger partial charge < -0.3 is 24.6 Å². The molecule has 0 unspecified atom stereocenters. The Hall–Kier alpha value is -2.10. The predicted molar refractivity (Wildman–Crippen MR) is 98.8 cm³/mol. The lowest BCUT2D eigenvalue weighted by molar-refractivity contribution is -0.00469. The lowest BCUT2D eigenvalue weighted by Crippen LogP contribution is -2.20. The van der Waals surface area contributed by atoms with Gasteiger partial charge in [-0.2, -0.15) is 0 Å². The first-order valence-electron chi connectivity index (χ1n) is 8.49. The van der Waals surface area contributed by atoms with Crippen molar-refractivity contribution in [3.8, 4) is 0 Å². The minimum absolute atomic E-state index is 0.198. The maximum absolute atomic E-state index is 12.4. The molecule has 10 nitrogen and oxygen atoms in total. The third kappa shape index (κ3) is 4.10. The highest BCUT2D eigenvalue weighted by molar-refractivity contribution is 7.57. The van der Waals surface area contributed by atoms with E-state index >= 15 is 0 Å². The Balaban J connectivity index is 1.79. The van der Waals surface area contributed by atoms with Gasteiger partial charge in [0.05, 0.1) is 26.1 Å². The summed E-state index contributed by atoms with van der Waals surface area (Å²) in [5.41, 5.74) is 7.31. The van der Waals surface area contributed by atoms with E-state index in [1.54, 1.807) is 30.6 Å². The molecule has 0 spiro atoms. The SMILES string of the molecule is CCOP(=O)(/C=C/C=C1\CO[C@@H](n2cnc3c(N)ncnc32)[C@@H]1O)OCC. The molecule has 2 atom stereocenters. The third-order valence-electron chi connectivity index (χ3n) is 3.93. The lowest BCUT2D eigenvalue weighted by atomic mass is 10.1. The van der Waals surface area contributed by atoms with Gasteiger partial charge in [0.2, 0.25) is 0 Å². The first kappa shape index (κ1) is 19.7. The number of rotatable bonds is 7. The molecule has 1 saturated heterocycles. The van der Waals surface area contributed by atoms with Crippen molar-refractivity contribution in [2.45, 2.75) is 26.2 Å². The zero-order valence-corrected chi connectivity index (χ0v) is 16.0. The fourth-order valence-electron chi connectivity index (χ4n) is 2.73. The van der Waals surface area contributed by atoms with E-state index in [2.05, 4.69) is 15.0 Å². The molecule has 0 aromatic carbocycles. The van der Waals surface area contributed by atoms with Crippen LogP contribution in [0.2, 0.25) is 0 Å². The van der Waals surface area contributed by atoms with Crippen LogP contribution in [0, 0.1) is 0 Å². The molecule has 3 rings (SSSR count). The van der Waals surface area contributed by atoms with E-state index in [1.807, 2.05) is 0 Å². The molecular weight excluding hydrogens is 373 g/mol. The van der Waals surface area contributed by atoms with Crippen molar-refractivity contribution >= 4 is 24.6 Å². The monoisotopic (exact) mass is 395 g/mol. The number of nitrogens with two attached hydrogens (primary N) is 1. The van der Waals surface area contributed by atoms with E-state index in [1.165, 1.54) is 18.5 Å². The molecule has 3 heterocycles. The summed E-state index contributed by atoms with van der Waals surface area (Å²) in [6.07, 6.45) is 4.38. The van der Waals surface area contributed by atoms with E-state index < -0.39 is 19.9 Å². The number of aliphatic hydroxyl groups is 1. The molecule has 1 aliphatic heterocycles. The second-order valence-electron chi connectivity index (χ2n) is 5.69. The Labute approximate surface area is 156 Å². The fraction of sp³-hybridized carbons (Fsp3) is 0.438. The number of hydrogen-bond donors (Lipinski definition) is 2. The van der Waals surface area contributed by atoms with Crippen molar-refractivity contribution < 1.29 is 23.5 Å². The average molecular weight is 395 g/mol. The predicted octanol–water partition coefficient (Wildman–Crippen LogP) is 2.00. The zero-order valence-electron chi connectivity index (χ0n) is 15.1. The van der Waals surface area contributed by atoms with Gasteiger partial charge in [0, 0.05) is 5.82 Å². The van der Waals surface area contributed by atoms with E-state index in [4.69, 9.17) is 19.5 Å². The van der Waals surface area contributed by atoms with Crippen molar-refractivity contribution in [2.75, 3.05) is 25.6 Å². The van der Waals surface area contributed by atoms with Crippen molar-refractivity contribution in [3.05, 3.63) is 36.2 Å². The van der Waals surface area contributed by atoms with Crippen LogP contribution in [0.5, 0.6) is 0 Å². The molecule has 3 N–H and O–H groups in total. The number of nitrogen functional groups attached to an aromatic ring is 1. The van der Waals surface area contributed by atoms with E-state index in [0.29, 0.717) is 16.7 Å². The van der Waals surface area contributed by atoms with E-state index in [9.17, 15) is 9.67 Å². The molecule has 2 aromatic heterocycles. The summed E-state index contributed by atoms with van der Waals surface area (Å²) in [7, 11) is -3.29. The number of fused-ring (bicyclic) bond motifs is 1. The number of anilines is 1. The van der Waals surface area contributed by atoms with Crippen LogP contribution in [0.25, 0.3) is 11.2 Å². The van der Waals surface area contributed by atoms with Gasteiger partial charge in [0.25, 0.3) is 0 Å². The summed E-state index contributed by atoms with van der Waals surface area (Å²) in [6, 6.07) is 0. The van der Waals surface area contributed by atoms with Gasteiger partial charge in [-0.3, -0.25) is 9.13 Å². The number of imidazole rings is 1. The third-order valence-corrected chi connectivity index (χ3v) is 5.70. The van der Waals surface area contributed by atoms with Crippen LogP contribution < -0.4 is 5.73 Å². The number of aliphatic hydroxyl groups excluding tert-OH is 1. The largest absolute Gasteiger partial charge is 0.384 e. The molecule has 1 fully saturated rings. The van der Waals surface area contributed by atoms with Crippen LogP contribution in [0.1, 0.15) is 20.1 Å². The summed E-state index contributed by atoms with van der Waals surface area (Å²) in [4.78, 5) is 12.2. The highest BCUT2D eigenvalue weighted by Gasteiger charge is 2.33. The molecule has 11 heteroatoms. The molecule has 27 heavy (non-hydrogen) atoms. The van der Waals surface area contributed by atoms with Gasteiger partial charge >= 0.3 is 7.60 Å². The molecule has 1 aliphatic rings. The molecule has 146 valence electrons. The van der Waals surface area contributed by atoms with Gasteiger partial charge in [-0.1, -0.05) is 12.2 Å². The maximum Gasteiger partial charge on any atom is 0.354 e. The lowest BCUT2D eigenvalue weighted by Gasteiger charge is -2.15. The first-order valence-corrected chi connectivity index (χ1v) is 10.1. The van der Waals surface area contributed by atoms with Crippen molar-refractivity contribution in [2.24, 2.45) is 0 Å². The van der Waals surface area contributed by atoms with Gasteiger partial charge in [0.1, 0.15) is 17.9 Å². The van der Waals surface area contributed by atoms with Crippen LogP contribution in [-0.4, -0.2) is 50.6 Å². The average Bonchev–Trinajstić information content (AvgIpc) is 3.20. The summed E-state index contributed by atoms with van der Waals surface area (Å²) in [5.74, 6) is 1.63. The Morgan fingerprint density at radius 2 is 2.11 bits per heavy atom. The minimum atomic E-state index is -3.29. The van der Waals surface area contributed by atoms with Gasteiger partial charge in [0.15, 0.2) is 17.7 Å². The second-order valence-corrected chi connectivity index (χ2v) is 7.58. The maximum atomic E-state index is 12.4. The Morgan fingerprint density at radius 3 is 2.81 bits per heavy atom. The van der Waals surface area contributed by atoms with Crippen LogP contribution in [0.3, 0.4) is 0 Å². The highest BCUT2D eigenvalue weighted by atomic mass is 31.2. The molecule has 0 bridgehead atoms. The van der Waals surface area contributed by atoms with E-state index in [0.717, 1.165) is 0 Å².